The number of tetrazole rings is 1. The lowest BCUT2D eigenvalue weighted by molar-refractivity contribution is 0.0590. The number of aryl methyl sites for hydroxylation is 2. The van der Waals surface area contributed by atoms with E-state index in [9.17, 15) is 4.79 Å². The Balaban J connectivity index is 1.55. The Morgan fingerprint density at radius 1 is 0.972 bits per heavy atom. The number of H-pyrrole nitrogens is 1. The molecule has 194 valence electrons. The zero-order valence-electron chi connectivity index (χ0n) is 22.5. The first-order valence-electron chi connectivity index (χ1n) is 14.1. The molecule has 2 aromatic heterocycles. The van der Waals surface area contributed by atoms with Crippen LogP contribution in [0.5, 0.6) is 0 Å². The zero-order chi connectivity index (χ0) is 25.2. The van der Waals surface area contributed by atoms with Gasteiger partial charge in [-0.1, -0.05) is 52.4 Å². The van der Waals surface area contributed by atoms with Crippen molar-refractivity contribution in [2.24, 2.45) is 5.92 Å². The quantitative estimate of drug-likeness (QED) is 0.428. The molecular formula is C29H42N6O. The van der Waals surface area contributed by atoms with E-state index in [2.05, 4.69) is 76.0 Å². The predicted molar refractivity (Wildman–Crippen MR) is 144 cm³/mol. The van der Waals surface area contributed by atoms with Crippen molar-refractivity contribution in [3.8, 4) is 0 Å². The summed E-state index contributed by atoms with van der Waals surface area (Å²) in [4.78, 5) is 19.1. The van der Waals surface area contributed by atoms with Gasteiger partial charge in [-0.05, 0) is 90.6 Å². The Morgan fingerprint density at radius 2 is 1.64 bits per heavy atom. The Morgan fingerprint density at radius 3 is 2.33 bits per heavy atom. The first kappa shape index (κ1) is 25.1. The van der Waals surface area contributed by atoms with E-state index in [1.807, 2.05) is 0 Å². The van der Waals surface area contributed by atoms with Crippen molar-refractivity contribution in [1.29, 1.82) is 0 Å². The molecule has 1 aromatic carbocycles. The van der Waals surface area contributed by atoms with Gasteiger partial charge in [0.2, 0.25) is 0 Å². The van der Waals surface area contributed by atoms with Crippen LogP contribution in [0.3, 0.4) is 0 Å². The summed E-state index contributed by atoms with van der Waals surface area (Å²) in [6, 6.07) is 7.27. The van der Waals surface area contributed by atoms with Gasteiger partial charge in [0.25, 0.3) is 5.56 Å². The highest BCUT2D eigenvalue weighted by atomic mass is 16.1. The van der Waals surface area contributed by atoms with Crippen molar-refractivity contribution in [3.05, 3.63) is 51.1 Å². The Hall–Kier alpha value is -2.54. The smallest absolute Gasteiger partial charge is 0.252 e. The number of nitrogens with one attached hydrogen (secondary N) is 1. The monoisotopic (exact) mass is 490 g/mol. The van der Waals surface area contributed by atoms with Gasteiger partial charge < -0.3 is 4.98 Å². The summed E-state index contributed by atoms with van der Waals surface area (Å²) in [6.45, 7) is 9.39. The van der Waals surface area contributed by atoms with E-state index in [4.69, 9.17) is 0 Å². The van der Waals surface area contributed by atoms with E-state index in [-0.39, 0.29) is 11.6 Å². The van der Waals surface area contributed by atoms with E-state index in [1.54, 1.807) is 0 Å². The minimum Gasteiger partial charge on any atom is -0.322 e. The maximum atomic E-state index is 13.3. The summed E-state index contributed by atoms with van der Waals surface area (Å²) in [6.07, 6.45) is 12.2. The van der Waals surface area contributed by atoms with Crippen LogP contribution in [0.15, 0.2) is 23.0 Å². The summed E-state index contributed by atoms with van der Waals surface area (Å²) in [5.74, 6) is 1.30. The summed E-state index contributed by atoms with van der Waals surface area (Å²) >= 11 is 0. The van der Waals surface area contributed by atoms with Gasteiger partial charge in [0.05, 0.1) is 12.1 Å². The van der Waals surface area contributed by atoms with Crippen molar-refractivity contribution in [1.82, 2.24) is 30.1 Å². The number of aromatic nitrogens is 5. The van der Waals surface area contributed by atoms with Crippen molar-refractivity contribution >= 4 is 10.9 Å². The highest BCUT2D eigenvalue weighted by Gasteiger charge is 2.36. The molecule has 0 radical (unpaired) electrons. The van der Waals surface area contributed by atoms with Crippen LogP contribution in [0.25, 0.3) is 10.9 Å². The summed E-state index contributed by atoms with van der Waals surface area (Å²) in [7, 11) is 0. The van der Waals surface area contributed by atoms with Gasteiger partial charge in [0.1, 0.15) is 0 Å². The minimum absolute atomic E-state index is 0.0148. The molecule has 0 amide bonds. The number of aromatic amines is 1. The molecule has 0 bridgehead atoms. The summed E-state index contributed by atoms with van der Waals surface area (Å²) < 4.78 is 2.14. The molecule has 1 atom stereocenters. The fraction of sp³-hybridized carbons (Fsp3) is 0.655. The number of nitrogens with zero attached hydrogens (tertiary/aromatic N) is 5. The van der Waals surface area contributed by atoms with Crippen LogP contribution >= 0.6 is 0 Å². The van der Waals surface area contributed by atoms with Crippen molar-refractivity contribution in [2.75, 3.05) is 0 Å². The third-order valence-electron chi connectivity index (χ3n) is 8.62. The molecule has 0 spiro atoms. The molecule has 7 nitrogen and oxygen atoms in total. The second-order valence-corrected chi connectivity index (χ2v) is 11.6. The van der Waals surface area contributed by atoms with E-state index >= 15 is 0 Å². The van der Waals surface area contributed by atoms with Crippen LogP contribution in [0, 0.1) is 19.8 Å². The number of pyridine rings is 1. The molecule has 36 heavy (non-hydrogen) atoms. The molecule has 2 aliphatic carbocycles. The third-order valence-corrected chi connectivity index (χ3v) is 8.62. The number of hydrogen-bond donors (Lipinski definition) is 1. The third kappa shape index (κ3) is 5.13. The predicted octanol–water partition coefficient (Wildman–Crippen LogP) is 6.17. The first-order valence-corrected chi connectivity index (χ1v) is 14.1. The lowest BCUT2D eigenvalue weighted by atomic mass is 9.89. The van der Waals surface area contributed by atoms with Crippen molar-refractivity contribution in [3.63, 3.8) is 0 Å². The van der Waals surface area contributed by atoms with E-state index in [0.29, 0.717) is 24.5 Å². The van der Waals surface area contributed by atoms with Gasteiger partial charge in [-0.3, -0.25) is 9.69 Å². The number of benzene rings is 1. The molecule has 1 N–H and O–H groups in total. The van der Waals surface area contributed by atoms with Crippen LogP contribution in [-0.2, 0) is 6.54 Å². The Bertz CT molecular complexity index is 1230. The number of fused-ring (bicyclic) bond motifs is 1. The molecule has 0 saturated heterocycles. The maximum Gasteiger partial charge on any atom is 0.252 e. The highest BCUT2D eigenvalue weighted by molar-refractivity contribution is 5.80. The first-order chi connectivity index (χ1) is 17.4. The average molecular weight is 491 g/mol. The summed E-state index contributed by atoms with van der Waals surface area (Å²) in [5, 5.41) is 14.4. The van der Waals surface area contributed by atoms with E-state index in [1.165, 1.54) is 49.7 Å². The fourth-order valence-electron chi connectivity index (χ4n) is 6.51. The van der Waals surface area contributed by atoms with Crippen LogP contribution in [0.1, 0.15) is 113 Å². The standard InChI is InChI=1S/C29H42N6O/c1-19(2)27(28-31-32-33-35(28)25-13-9-6-10-14-25)34(24-11-7-5-8-12-24)18-23-17-22-15-20(3)21(4)16-26(22)30-29(23)36/h15-17,19,24-25,27H,5-14,18H2,1-4H3,(H,30,36)/t27-/m0/s1. The minimum atomic E-state index is 0.0148. The lowest BCUT2D eigenvalue weighted by Gasteiger charge is -2.41. The lowest BCUT2D eigenvalue weighted by Crippen LogP contribution is -2.43. The molecule has 7 heteroatoms. The number of hydrogen-bond acceptors (Lipinski definition) is 5. The van der Waals surface area contributed by atoms with Gasteiger partial charge >= 0.3 is 0 Å². The van der Waals surface area contributed by atoms with Crippen LogP contribution in [0.2, 0.25) is 0 Å². The maximum absolute atomic E-state index is 13.3. The van der Waals surface area contributed by atoms with Crippen molar-refractivity contribution < 1.29 is 0 Å². The molecule has 5 rings (SSSR count). The van der Waals surface area contributed by atoms with E-state index < -0.39 is 0 Å². The molecule has 2 fully saturated rings. The molecule has 0 unspecified atom stereocenters. The molecule has 2 heterocycles. The molecule has 0 aliphatic heterocycles. The van der Waals surface area contributed by atoms with Gasteiger partial charge in [0.15, 0.2) is 5.82 Å². The van der Waals surface area contributed by atoms with Gasteiger partial charge in [-0.15, -0.1) is 5.10 Å². The topological polar surface area (TPSA) is 79.7 Å². The average Bonchev–Trinajstić information content (AvgIpc) is 3.35. The fourth-order valence-corrected chi connectivity index (χ4v) is 6.51. The van der Waals surface area contributed by atoms with Crippen LogP contribution < -0.4 is 5.56 Å². The second kappa shape index (κ2) is 10.8. The number of rotatable bonds is 7. The van der Waals surface area contributed by atoms with E-state index in [0.717, 1.165) is 48.0 Å². The second-order valence-electron chi connectivity index (χ2n) is 11.6. The van der Waals surface area contributed by atoms with Gasteiger partial charge in [-0.25, -0.2) is 4.68 Å². The van der Waals surface area contributed by atoms with Crippen LogP contribution in [0.4, 0.5) is 0 Å². The van der Waals surface area contributed by atoms with Gasteiger partial charge in [0, 0.05) is 23.7 Å². The van der Waals surface area contributed by atoms with Gasteiger partial charge in [-0.2, -0.15) is 0 Å². The molecular weight excluding hydrogens is 448 g/mol. The molecule has 2 saturated carbocycles. The van der Waals surface area contributed by atoms with Crippen LogP contribution in [-0.4, -0.2) is 36.1 Å². The zero-order valence-corrected chi connectivity index (χ0v) is 22.5. The van der Waals surface area contributed by atoms with Crippen molar-refractivity contribution in [2.45, 2.75) is 117 Å². The normalized spacial score (nSPS) is 18.9. The summed E-state index contributed by atoms with van der Waals surface area (Å²) in [5.41, 5.74) is 4.21. The Kier molecular flexibility index (Phi) is 7.56. The Labute approximate surface area is 214 Å². The SMILES string of the molecule is Cc1cc2cc(CN(C3CCCCC3)[C@H](c3nnnn3C3CCCCC3)C(C)C)c(=O)[nH]c2cc1C. The highest BCUT2D eigenvalue weighted by Crippen LogP contribution is 2.37. The molecule has 2 aliphatic rings. The molecule has 3 aromatic rings. The largest absolute Gasteiger partial charge is 0.322 e.